The van der Waals surface area contributed by atoms with Crippen molar-refractivity contribution in [1.29, 1.82) is 5.26 Å². The van der Waals surface area contributed by atoms with Gasteiger partial charge in [0.15, 0.2) is 0 Å². The number of hydrogen-bond acceptors (Lipinski definition) is 3. The highest BCUT2D eigenvalue weighted by Gasteiger charge is 2.08. The van der Waals surface area contributed by atoms with Gasteiger partial charge < -0.3 is 10.6 Å². The summed E-state index contributed by atoms with van der Waals surface area (Å²) in [7, 11) is 0. The number of carbonyl (C=O) groups excluding carboxylic acids is 2. The first-order valence-corrected chi connectivity index (χ1v) is 6.94. The van der Waals surface area contributed by atoms with E-state index in [1.54, 1.807) is 54.6 Å². The van der Waals surface area contributed by atoms with E-state index < -0.39 is 0 Å². The third kappa shape index (κ3) is 4.29. The van der Waals surface area contributed by atoms with Gasteiger partial charge in [-0.1, -0.05) is 6.08 Å². The maximum atomic E-state index is 12.1. The molecule has 0 bridgehead atoms. The second-order valence-corrected chi connectivity index (χ2v) is 4.72. The lowest BCUT2D eigenvalue weighted by Crippen LogP contribution is -2.23. The molecule has 2 rings (SSSR count). The Balaban J connectivity index is 2.03. The number of nitriles is 1. The van der Waals surface area contributed by atoms with Crippen LogP contribution in [0.4, 0.5) is 5.69 Å². The van der Waals surface area contributed by atoms with Crippen molar-refractivity contribution >= 4 is 17.5 Å². The summed E-state index contributed by atoms with van der Waals surface area (Å²) in [6, 6.07) is 14.9. The molecule has 2 aromatic rings. The Kier molecular flexibility index (Phi) is 5.26. The van der Waals surface area contributed by atoms with Gasteiger partial charge in [0.1, 0.15) is 0 Å². The lowest BCUT2D eigenvalue weighted by atomic mass is 10.1. The Labute approximate surface area is 134 Å². The highest BCUT2D eigenvalue weighted by molar-refractivity contribution is 6.05. The highest BCUT2D eigenvalue weighted by atomic mass is 16.2. The fourth-order valence-corrected chi connectivity index (χ4v) is 1.87. The standard InChI is InChI=1S/C18H15N3O2/c1-2-11-20-17(22)14-5-7-15(8-6-14)18(23)21-16-9-3-13(12-19)4-10-16/h2-10H,1,11H2,(H,20,22)(H,21,23). The highest BCUT2D eigenvalue weighted by Crippen LogP contribution is 2.12. The lowest BCUT2D eigenvalue weighted by molar-refractivity contribution is 0.0956. The molecule has 0 saturated heterocycles. The first kappa shape index (κ1) is 16.0. The first-order chi connectivity index (χ1) is 11.1. The summed E-state index contributed by atoms with van der Waals surface area (Å²) in [4.78, 5) is 23.9. The van der Waals surface area contributed by atoms with E-state index in [1.807, 2.05) is 6.07 Å². The van der Waals surface area contributed by atoms with E-state index in [0.717, 1.165) is 0 Å². The van der Waals surface area contributed by atoms with Crippen molar-refractivity contribution in [3.63, 3.8) is 0 Å². The van der Waals surface area contributed by atoms with Crippen molar-refractivity contribution < 1.29 is 9.59 Å². The molecule has 2 aromatic carbocycles. The van der Waals surface area contributed by atoms with Crippen LogP contribution in [0.25, 0.3) is 0 Å². The number of carbonyl (C=O) groups is 2. The van der Waals surface area contributed by atoms with Crippen molar-refractivity contribution in [3.05, 3.63) is 77.9 Å². The predicted octanol–water partition coefficient (Wildman–Crippen LogP) is 2.73. The summed E-state index contributed by atoms with van der Waals surface area (Å²) in [5.74, 6) is -0.503. The van der Waals surface area contributed by atoms with Crippen LogP contribution in [0.1, 0.15) is 26.3 Å². The fraction of sp³-hybridized carbons (Fsp3) is 0.0556. The van der Waals surface area contributed by atoms with E-state index in [4.69, 9.17) is 5.26 Å². The molecule has 0 aromatic heterocycles. The molecule has 0 aliphatic carbocycles. The van der Waals surface area contributed by atoms with Gasteiger partial charge in [-0.3, -0.25) is 9.59 Å². The zero-order valence-corrected chi connectivity index (χ0v) is 12.4. The summed E-state index contributed by atoms with van der Waals surface area (Å²) in [5, 5.41) is 14.1. The van der Waals surface area contributed by atoms with E-state index in [9.17, 15) is 9.59 Å². The summed E-state index contributed by atoms with van der Waals surface area (Å²) in [6.45, 7) is 3.92. The van der Waals surface area contributed by atoms with E-state index in [1.165, 1.54) is 0 Å². The number of nitrogens with one attached hydrogen (secondary N) is 2. The Bertz CT molecular complexity index is 756. The summed E-state index contributed by atoms with van der Waals surface area (Å²) in [5.41, 5.74) is 2.04. The topological polar surface area (TPSA) is 82.0 Å². The van der Waals surface area contributed by atoms with Crippen LogP contribution < -0.4 is 10.6 Å². The molecule has 0 unspecified atom stereocenters. The summed E-state index contributed by atoms with van der Waals surface area (Å²) >= 11 is 0. The van der Waals surface area contributed by atoms with Gasteiger partial charge in [0.05, 0.1) is 11.6 Å². The molecule has 114 valence electrons. The van der Waals surface area contributed by atoms with Gasteiger partial charge in [-0.15, -0.1) is 6.58 Å². The van der Waals surface area contributed by atoms with E-state index in [2.05, 4.69) is 17.2 Å². The zero-order valence-electron chi connectivity index (χ0n) is 12.4. The van der Waals surface area contributed by atoms with Crippen LogP contribution in [0, 0.1) is 11.3 Å². The molecule has 0 atom stereocenters. The molecule has 2 N–H and O–H groups in total. The van der Waals surface area contributed by atoms with Gasteiger partial charge in [-0.25, -0.2) is 0 Å². The molecular formula is C18H15N3O2. The minimum Gasteiger partial charge on any atom is -0.349 e. The summed E-state index contributed by atoms with van der Waals surface area (Å²) < 4.78 is 0. The molecule has 5 heteroatoms. The maximum absolute atomic E-state index is 12.1. The molecule has 0 heterocycles. The number of rotatable bonds is 5. The second kappa shape index (κ2) is 7.57. The van der Waals surface area contributed by atoms with Crippen molar-refractivity contribution in [1.82, 2.24) is 5.32 Å². The normalized spacial score (nSPS) is 9.52. The number of benzene rings is 2. The number of hydrogen-bond donors (Lipinski definition) is 2. The average Bonchev–Trinajstić information content (AvgIpc) is 2.60. The van der Waals surface area contributed by atoms with Crippen LogP contribution in [-0.2, 0) is 0 Å². The van der Waals surface area contributed by atoms with E-state index >= 15 is 0 Å². The van der Waals surface area contributed by atoms with Crippen LogP contribution in [0.15, 0.2) is 61.2 Å². The SMILES string of the molecule is C=CCNC(=O)c1ccc(C(=O)Nc2ccc(C#N)cc2)cc1. The van der Waals surface area contributed by atoms with Crippen molar-refractivity contribution in [2.24, 2.45) is 0 Å². The second-order valence-electron chi connectivity index (χ2n) is 4.72. The van der Waals surface area contributed by atoms with Crippen molar-refractivity contribution in [3.8, 4) is 6.07 Å². The third-order valence-corrected chi connectivity index (χ3v) is 3.09. The van der Waals surface area contributed by atoms with Crippen LogP contribution in [0.2, 0.25) is 0 Å². The average molecular weight is 305 g/mol. The quantitative estimate of drug-likeness (QED) is 0.833. The monoisotopic (exact) mass is 305 g/mol. The van der Waals surface area contributed by atoms with Crippen molar-refractivity contribution in [2.75, 3.05) is 11.9 Å². The molecule has 0 fully saturated rings. The van der Waals surface area contributed by atoms with Gasteiger partial charge in [-0.2, -0.15) is 5.26 Å². The number of anilines is 1. The first-order valence-electron chi connectivity index (χ1n) is 6.94. The van der Waals surface area contributed by atoms with Crippen LogP contribution in [-0.4, -0.2) is 18.4 Å². The molecule has 0 spiro atoms. The minimum absolute atomic E-state index is 0.219. The minimum atomic E-state index is -0.284. The van der Waals surface area contributed by atoms with E-state index in [-0.39, 0.29) is 11.8 Å². The van der Waals surface area contributed by atoms with Gasteiger partial charge in [0.25, 0.3) is 11.8 Å². The number of amides is 2. The molecular weight excluding hydrogens is 290 g/mol. The summed E-state index contributed by atoms with van der Waals surface area (Å²) in [6.07, 6.45) is 1.59. The molecule has 0 saturated carbocycles. The predicted molar refractivity (Wildman–Crippen MR) is 88.1 cm³/mol. The molecule has 0 aliphatic rings. The maximum Gasteiger partial charge on any atom is 0.255 e. The Morgan fingerprint density at radius 1 is 1.00 bits per heavy atom. The van der Waals surface area contributed by atoms with Crippen LogP contribution in [0.3, 0.4) is 0 Å². The molecule has 23 heavy (non-hydrogen) atoms. The van der Waals surface area contributed by atoms with Gasteiger partial charge in [-0.05, 0) is 48.5 Å². The molecule has 2 amide bonds. The lowest BCUT2D eigenvalue weighted by Gasteiger charge is -2.06. The smallest absolute Gasteiger partial charge is 0.255 e. The Hall–Kier alpha value is -3.39. The van der Waals surface area contributed by atoms with Crippen molar-refractivity contribution in [2.45, 2.75) is 0 Å². The molecule has 5 nitrogen and oxygen atoms in total. The fourth-order valence-electron chi connectivity index (χ4n) is 1.87. The Morgan fingerprint density at radius 3 is 2.09 bits per heavy atom. The molecule has 0 radical (unpaired) electrons. The zero-order chi connectivity index (χ0) is 16.7. The van der Waals surface area contributed by atoms with Crippen LogP contribution >= 0.6 is 0 Å². The van der Waals surface area contributed by atoms with Gasteiger partial charge in [0.2, 0.25) is 0 Å². The largest absolute Gasteiger partial charge is 0.349 e. The molecule has 0 aliphatic heterocycles. The number of nitrogens with zero attached hydrogens (tertiary/aromatic N) is 1. The van der Waals surface area contributed by atoms with Gasteiger partial charge >= 0.3 is 0 Å². The van der Waals surface area contributed by atoms with Crippen LogP contribution in [0.5, 0.6) is 0 Å². The van der Waals surface area contributed by atoms with Gasteiger partial charge in [0, 0.05) is 23.4 Å². The van der Waals surface area contributed by atoms with E-state index in [0.29, 0.717) is 28.9 Å². The Morgan fingerprint density at radius 2 is 1.57 bits per heavy atom. The third-order valence-electron chi connectivity index (χ3n) is 3.09.